The number of hydrogen-bond acceptors (Lipinski definition) is 4. The van der Waals surface area contributed by atoms with Gasteiger partial charge in [0.05, 0.1) is 0 Å². The summed E-state index contributed by atoms with van der Waals surface area (Å²) < 4.78 is 2.39. The van der Waals surface area contributed by atoms with Gasteiger partial charge in [-0.25, -0.2) is 3.11 Å². The van der Waals surface area contributed by atoms with Gasteiger partial charge >= 0.3 is 0 Å². The van der Waals surface area contributed by atoms with Crippen LogP contribution in [0.5, 0.6) is 0 Å². The van der Waals surface area contributed by atoms with Gasteiger partial charge in [-0.05, 0) is 13.0 Å². The first-order valence-electron chi connectivity index (χ1n) is 6.50. The molecule has 0 aromatic heterocycles. The van der Waals surface area contributed by atoms with E-state index in [2.05, 4.69) is 60.1 Å². The highest BCUT2D eigenvalue weighted by atomic mass is 127. The van der Waals surface area contributed by atoms with E-state index in [-0.39, 0.29) is 0 Å². The Balaban J connectivity index is 1.58. The first-order valence-corrected chi connectivity index (χ1v) is 7.46. The largest absolute Gasteiger partial charge is 0.377 e. The molecule has 0 atom stereocenters. The monoisotopic (exact) mass is 350 g/mol. The van der Waals surface area contributed by atoms with Crippen molar-refractivity contribution in [1.29, 1.82) is 0 Å². The van der Waals surface area contributed by atoms with Crippen LogP contribution in [-0.2, 0) is 0 Å². The maximum atomic E-state index is 2.59. The maximum Gasteiger partial charge on any atom is 0.0348 e. The molecule has 5 heteroatoms. The van der Waals surface area contributed by atoms with Gasteiger partial charge in [0.2, 0.25) is 0 Å². The fraction of sp³-hybridized carbons (Fsp3) is 0.833. The molecule has 0 bridgehead atoms. The Kier molecular flexibility index (Phi) is 5.37. The summed E-state index contributed by atoms with van der Waals surface area (Å²) in [5.74, 6) is 0. The lowest BCUT2D eigenvalue weighted by atomic mass is 10.3. The van der Waals surface area contributed by atoms with Gasteiger partial charge in [-0.1, -0.05) is 0 Å². The zero-order valence-corrected chi connectivity index (χ0v) is 12.8. The smallest absolute Gasteiger partial charge is 0.0348 e. The van der Waals surface area contributed by atoms with Gasteiger partial charge in [0.1, 0.15) is 0 Å². The average molecular weight is 350 g/mol. The maximum absolute atomic E-state index is 2.59. The molecule has 0 radical (unpaired) electrons. The van der Waals surface area contributed by atoms with Crippen molar-refractivity contribution in [2.45, 2.75) is 6.42 Å². The molecule has 98 valence electrons. The molecule has 0 unspecified atom stereocenters. The molecular weight excluding hydrogens is 327 g/mol. The number of nitrogens with zero attached hydrogens (tertiary/aromatic N) is 4. The van der Waals surface area contributed by atoms with Gasteiger partial charge in [0.15, 0.2) is 0 Å². The molecule has 0 aromatic rings. The Morgan fingerprint density at radius 3 is 2.35 bits per heavy atom. The lowest BCUT2D eigenvalue weighted by Crippen LogP contribution is -2.43. The topological polar surface area (TPSA) is 13.0 Å². The molecule has 17 heavy (non-hydrogen) atoms. The molecule has 0 aliphatic carbocycles. The highest BCUT2D eigenvalue weighted by molar-refractivity contribution is 14.1. The van der Waals surface area contributed by atoms with E-state index in [0.717, 1.165) is 6.54 Å². The Hall–Kier alpha value is -0.0100. The predicted molar refractivity (Wildman–Crippen MR) is 80.0 cm³/mol. The van der Waals surface area contributed by atoms with E-state index in [9.17, 15) is 0 Å². The average Bonchev–Trinajstić information content (AvgIpc) is 2.34. The summed E-state index contributed by atoms with van der Waals surface area (Å²) in [6.45, 7) is 9.70. The van der Waals surface area contributed by atoms with Gasteiger partial charge in [-0.15, -0.1) is 0 Å². The minimum Gasteiger partial charge on any atom is -0.377 e. The summed E-state index contributed by atoms with van der Waals surface area (Å²) >= 11 is 2.43. The van der Waals surface area contributed by atoms with E-state index in [0.29, 0.717) is 0 Å². The van der Waals surface area contributed by atoms with Gasteiger partial charge in [-0.3, -0.25) is 0 Å². The molecule has 2 heterocycles. The molecule has 0 aromatic carbocycles. The van der Waals surface area contributed by atoms with E-state index < -0.39 is 0 Å². The lowest BCUT2D eigenvalue weighted by molar-refractivity contribution is 0.193. The van der Waals surface area contributed by atoms with Crippen molar-refractivity contribution in [2.75, 3.05) is 59.4 Å². The molecule has 4 nitrogen and oxygen atoms in total. The van der Waals surface area contributed by atoms with Crippen molar-refractivity contribution in [3.63, 3.8) is 0 Å². The third-order valence-electron chi connectivity index (χ3n) is 3.51. The molecule has 1 fully saturated rings. The fourth-order valence-corrected chi connectivity index (χ4v) is 2.71. The summed E-state index contributed by atoms with van der Waals surface area (Å²) in [5.41, 5.74) is 0. The second-order valence-electron chi connectivity index (χ2n) is 4.92. The first kappa shape index (κ1) is 13.4. The summed E-state index contributed by atoms with van der Waals surface area (Å²) in [4.78, 5) is 7.28. The molecule has 2 aliphatic heterocycles. The van der Waals surface area contributed by atoms with Crippen molar-refractivity contribution in [1.82, 2.24) is 17.8 Å². The van der Waals surface area contributed by atoms with E-state index in [1.807, 2.05) is 0 Å². The standard InChI is InChI=1S/C12H23IN4/c1-14-5-7-15(8-6-14)3-2-4-16-9-11-17(13)12-10-16/h5,7H,2-4,6,8-12H2,1H3. The Morgan fingerprint density at radius 2 is 1.71 bits per heavy atom. The van der Waals surface area contributed by atoms with Crippen LogP contribution in [0.25, 0.3) is 0 Å². The molecule has 0 saturated carbocycles. The summed E-state index contributed by atoms with van der Waals surface area (Å²) in [5, 5.41) is 0. The third kappa shape index (κ3) is 4.63. The van der Waals surface area contributed by atoms with Gasteiger partial charge in [0.25, 0.3) is 0 Å². The van der Waals surface area contributed by atoms with E-state index >= 15 is 0 Å². The van der Waals surface area contributed by atoms with E-state index in [1.54, 1.807) is 0 Å². The Labute approximate surface area is 119 Å². The van der Waals surface area contributed by atoms with E-state index in [4.69, 9.17) is 0 Å². The Morgan fingerprint density at radius 1 is 0.941 bits per heavy atom. The zero-order valence-electron chi connectivity index (χ0n) is 10.7. The lowest BCUT2D eigenvalue weighted by Gasteiger charge is -2.32. The van der Waals surface area contributed by atoms with Crippen molar-refractivity contribution in [3.8, 4) is 0 Å². The van der Waals surface area contributed by atoms with Gasteiger partial charge < -0.3 is 14.7 Å². The van der Waals surface area contributed by atoms with Crippen molar-refractivity contribution in [2.24, 2.45) is 0 Å². The molecule has 0 N–H and O–H groups in total. The van der Waals surface area contributed by atoms with Crippen LogP contribution in [0.15, 0.2) is 12.4 Å². The number of likely N-dealkylation sites (N-methyl/N-ethyl adjacent to an activating group) is 1. The molecular formula is C12H23IN4. The summed E-state index contributed by atoms with van der Waals surface area (Å²) in [7, 11) is 2.14. The van der Waals surface area contributed by atoms with Crippen LogP contribution in [0.3, 0.4) is 0 Å². The van der Waals surface area contributed by atoms with E-state index in [1.165, 1.54) is 52.2 Å². The normalized spacial score (nSPS) is 23.4. The summed E-state index contributed by atoms with van der Waals surface area (Å²) in [6.07, 6.45) is 5.69. The predicted octanol–water partition coefficient (Wildman–Crippen LogP) is 1.06. The number of halogens is 1. The van der Waals surface area contributed by atoms with Crippen LogP contribution >= 0.6 is 22.9 Å². The van der Waals surface area contributed by atoms with Crippen LogP contribution in [0.1, 0.15) is 6.42 Å². The zero-order chi connectivity index (χ0) is 12.1. The number of hydrogen-bond donors (Lipinski definition) is 0. The molecule has 2 aliphatic rings. The van der Waals surface area contributed by atoms with Crippen LogP contribution in [0.2, 0.25) is 0 Å². The highest BCUT2D eigenvalue weighted by Gasteiger charge is 2.14. The van der Waals surface area contributed by atoms with Crippen LogP contribution in [0.4, 0.5) is 0 Å². The van der Waals surface area contributed by atoms with Crippen molar-refractivity contribution < 1.29 is 0 Å². The minimum atomic E-state index is 1.16. The number of rotatable bonds is 4. The molecule has 2 rings (SSSR count). The molecule has 0 spiro atoms. The third-order valence-corrected chi connectivity index (χ3v) is 4.47. The van der Waals surface area contributed by atoms with Gasteiger partial charge in [0, 0.05) is 88.1 Å². The SMILES string of the molecule is CN1C=CN(CCCN2CCN(I)CC2)CC1. The Bertz CT molecular complexity index is 251. The molecule has 1 saturated heterocycles. The van der Waals surface area contributed by atoms with Crippen molar-refractivity contribution in [3.05, 3.63) is 12.4 Å². The van der Waals surface area contributed by atoms with Crippen LogP contribution in [0, 0.1) is 0 Å². The van der Waals surface area contributed by atoms with Crippen LogP contribution < -0.4 is 0 Å². The quantitative estimate of drug-likeness (QED) is 0.555. The number of piperazine rings is 1. The van der Waals surface area contributed by atoms with Crippen molar-refractivity contribution >= 4 is 22.9 Å². The van der Waals surface area contributed by atoms with Gasteiger partial charge in [-0.2, -0.15) is 0 Å². The van der Waals surface area contributed by atoms with Crippen LogP contribution in [-0.4, -0.2) is 77.2 Å². The minimum absolute atomic E-state index is 1.16. The first-order chi connectivity index (χ1) is 8.24. The molecule has 0 amide bonds. The fourth-order valence-electron chi connectivity index (χ4n) is 2.27. The summed E-state index contributed by atoms with van der Waals surface area (Å²) in [6, 6.07) is 0. The second-order valence-corrected chi connectivity index (χ2v) is 6.28. The second kappa shape index (κ2) is 6.80. The highest BCUT2D eigenvalue weighted by Crippen LogP contribution is 2.07.